The maximum Gasteiger partial charge on any atom is 0.284 e. The Bertz CT molecular complexity index is 415. The molecule has 2 aliphatic rings. The molecule has 0 aromatic heterocycles. The fraction of sp³-hybridized carbons (Fsp3) is 0.600. The molecule has 0 saturated carbocycles. The van der Waals surface area contributed by atoms with Gasteiger partial charge >= 0.3 is 0 Å². The maximum absolute atomic E-state index is 6.04. The first-order chi connectivity index (χ1) is 8.60. The molecule has 98 valence electrons. The van der Waals surface area contributed by atoms with Gasteiger partial charge in [0, 0.05) is 12.8 Å². The Morgan fingerprint density at radius 2 is 2.00 bits per heavy atom. The molecule has 3 heteroatoms. The summed E-state index contributed by atoms with van der Waals surface area (Å²) in [5.41, 5.74) is 1.04. The first kappa shape index (κ1) is 12.2. The fourth-order valence-electron chi connectivity index (χ4n) is 2.76. The molecule has 2 aliphatic heterocycles. The summed E-state index contributed by atoms with van der Waals surface area (Å²) in [4.78, 5) is 0. The normalized spacial score (nSPS) is 33.6. The van der Waals surface area contributed by atoms with Crippen molar-refractivity contribution in [3.8, 4) is 0 Å². The summed E-state index contributed by atoms with van der Waals surface area (Å²) in [5.74, 6) is -0.817. The van der Waals surface area contributed by atoms with Crippen LogP contribution in [0.2, 0.25) is 0 Å². The minimum Gasteiger partial charge on any atom is -0.327 e. The second kappa shape index (κ2) is 4.34. The number of aryl methyl sites for hydroxylation is 1. The lowest BCUT2D eigenvalue weighted by molar-refractivity contribution is -0.363. The zero-order valence-electron chi connectivity index (χ0n) is 11.0. The van der Waals surface area contributed by atoms with Crippen LogP contribution < -0.4 is 0 Å². The van der Waals surface area contributed by atoms with Gasteiger partial charge in [-0.15, -0.1) is 0 Å². The predicted molar refractivity (Wildman–Crippen MR) is 68.1 cm³/mol. The molecule has 2 bridgehead atoms. The average Bonchev–Trinajstić information content (AvgIpc) is 2.55. The highest BCUT2D eigenvalue weighted by atomic mass is 16.9. The molecule has 3 nitrogen and oxygen atoms in total. The van der Waals surface area contributed by atoms with E-state index in [4.69, 9.17) is 14.2 Å². The molecular weight excluding hydrogens is 228 g/mol. The van der Waals surface area contributed by atoms with Gasteiger partial charge in [0.1, 0.15) is 0 Å². The van der Waals surface area contributed by atoms with Crippen LogP contribution in [-0.4, -0.2) is 24.3 Å². The third-order valence-corrected chi connectivity index (χ3v) is 3.78. The van der Waals surface area contributed by atoms with Crippen molar-refractivity contribution in [3.63, 3.8) is 0 Å². The zero-order chi connectivity index (χ0) is 12.6. The molecule has 0 radical (unpaired) electrons. The highest BCUT2D eigenvalue weighted by Crippen LogP contribution is 2.44. The minimum absolute atomic E-state index is 0.155. The van der Waals surface area contributed by atoms with Gasteiger partial charge in [-0.25, -0.2) is 0 Å². The largest absolute Gasteiger partial charge is 0.327 e. The first-order valence-electron chi connectivity index (χ1n) is 6.66. The second-order valence-electron chi connectivity index (χ2n) is 5.62. The molecule has 18 heavy (non-hydrogen) atoms. The molecule has 1 aromatic rings. The van der Waals surface area contributed by atoms with Crippen LogP contribution >= 0.6 is 0 Å². The summed E-state index contributed by atoms with van der Waals surface area (Å²) >= 11 is 0. The molecule has 2 saturated heterocycles. The van der Waals surface area contributed by atoms with E-state index in [1.807, 2.05) is 6.07 Å². The van der Waals surface area contributed by atoms with Gasteiger partial charge in [-0.1, -0.05) is 30.3 Å². The lowest BCUT2D eigenvalue weighted by atomic mass is 10.00. The van der Waals surface area contributed by atoms with E-state index in [1.165, 1.54) is 5.56 Å². The number of hydrogen-bond donors (Lipinski definition) is 0. The van der Waals surface area contributed by atoms with Gasteiger partial charge in [-0.05, 0) is 25.8 Å². The van der Waals surface area contributed by atoms with Crippen molar-refractivity contribution < 1.29 is 14.2 Å². The van der Waals surface area contributed by atoms with E-state index in [0.717, 1.165) is 25.9 Å². The third kappa shape index (κ3) is 2.18. The highest BCUT2D eigenvalue weighted by molar-refractivity contribution is 5.15. The number of benzene rings is 1. The summed E-state index contributed by atoms with van der Waals surface area (Å²) < 4.78 is 17.8. The number of fused-ring (bicyclic) bond motifs is 2. The van der Waals surface area contributed by atoms with Crippen molar-refractivity contribution in [3.05, 3.63) is 35.9 Å². The van der Waals surface area contributed by atoms with Gasteiger partial charge in [0.05, 0.1) is 18.3 Å². The van der Waals surface area contributed by atoms with E-state index in [-0.39, 0.29) is 11.7 Å². The lowest BCUT2D eigenvalue weighted by Gasteiger charge is -2.31. The van der Waals surface area contributed by atoms with Crippen LogP contribution in [0.3, 0.4) is 0 Å². The Morgan fingerprint density at radius 3 is 2.78 bits per heavy atom. The van der Waals surface area contributed by atoms with Crippen molar-refractivity contribution in [1.29, 1.82) is 0 Å². The van der Waals surface area contributed by atoms with Gasteiger partial charge in [0.25, 0.3) is 5.97 Å². The van der Waals surface area contributed by atoms with Crippen LogP contribution in [0.1, 0.15) is 32.3 Å². The highest BCUT2D eigenvalue weighted by Gasteiger charge is 2.55. The summed E-state index contributed by atoms with van der Waals surface area (Å²) in [5, 5.41) is 0. The van der Waals surface area contributed by atoms with E-state index in [9.17, 15) is 0 Å². The minimum atomic E-state index is -0.817. The molecule has 0 unspecified atom stereocenters. The van der Waals surface area contributed by atoms with Crippen LogP contribution in [0.5, 0.6) is 0 Å². The van der Waals surface area contributed by atoms with E-state index in [1.54, 1.807) is 0 Å². The molecular formula is C15H20O3. The number of ether oxygens (including phenoxy) is 3. The molecule has 2 atom stereocenters. The smallest absolute Gasteiger partial charge is 0.284 e. The molecule has 2 fully saturated rings. The van der Waals surface area contributed by atoms with Crippen LogP contribution in [0, 0.1) is 0 Å². The quantitative estimate of drug-likeness (QED) is 0.823. The van der Waals surface area contributed by atoms with Crippen molar-refractivity contribution >= 4 is 0 Å². The third-order valence-electron chi connectivity index (χ3n) is 3.78. The second-order valence-corrected chi connectivity index (χ2v) is 5.62. The average molecular weight is 248 g/mol. The van der Waals surface area contributed by atoms with Gasteiger partial charge in [-0.3, -0.25) is 0 Å². The van der Waals surface area contributed by atoms with E-state index < -0.39 is 5.97 Å². The summed E-state index contributed by atoms with van der Waals surface area (Å²) in [6.07, 6.45) is 2.72. The van der Waals surface area contributed by atoms with Gasteiger partial charge in [-0.2, -0.15) is 0 Å². The molecule has 0 aliphatic carbocycles. The van der Waals surface area contributed by atoms with Gasteiger partial charge in [0.15, 0.2) is 0 Å². The van der Waals surface area contributed by atoms with Crippen molar-refractivity contribution in [2.75, 3.05) is 6.61 Å². The van der Waals surface area contributed by atoms with Crippen molar-refractivity contribution in [2.24, 2.45) is 0 Å². The SMILES string of the molecule is CC1(C)O[C@@]2(CCc3ccccc3)OCC[C@@H]1O2. The number of hydrogen-bond acceptors (Lipinski definition) is 3. The zero-order valence-corrected chi connectivity index (χ0v) is 11.0. The first-order valence-corrected chi connectivity index (χ1v) is 6.66. The molecule has 0 amide bonds. The van der Waals surface area contributed by atoms with Crippen LogP contribution in [0.25, 0.3) is 0 Å². The van der Waals surface area contributed by atoms with E-state index in [2.05, 4.69) is 38.1 Å². The van der Waals surface area contributed by atoms with Crippen LogP contribution in [0.15, 0.2) is 30.3 Å². The Kier molecular flexibility index (Phi) is 2.93. The fourth-order valence-corrected chi connectivity index (χ4v) is 2.76. The molecule has 1 aromatic carbocycles. The van der Waals surface area contributed by atoms with Crippen LogP contribution in [-0.2, 0) is 20.6 Å². The van der Waals surface area contributed by atoms with Gasteiger partial charge in [0.2, 0.25) is 0 Å². The Labute approximate surface area is 108 Å². The lowest BCUT2D eigenvalue weighted by Crippen LogP contribution is -2.39. The van der Waals surface area contributed by atoms with E-state index >= 15 is 0 Å². The Balaban J connectivity index is 1.69. The summed E-state index contributed by atoms with van der Waals surface area (Å²) in [6.45, 7) is 4.89. The Hall–Kier alpha value is -0.900. The van der Waals surface area contributed by atoms with E-state index in [0.29, 0.717) is 0 Å². The predicted octanol–water partition coefficient (Wildman–Crippen LogP) is 2.89. The monoisotopic (exact) mass is 248 g/mol. The molecule has 2 heterocycles. The number of rotatable bonds is 3. The summed E-state index contributed by atoms with van der Waals surface area (Å²) in [6, 6.07) is 10.4. The van der Waals surface area contributed by atoms with Crippen LogP contribution in [0.4, 0.5) is 0 Å². The summed E-state index contributed by atoms with van der Waals surface area (Å²) in [7, 11) is 0. The standard InChI is InChI=1S/C15H20O3/c1-14(2)13-9-11-16-15(17-13,18-14)10-8-12-6-4-3-5-7-12/h3-7,13H,8-11H2,1-2H3/t13-,15-/m0/s1. The Morgan fingerprint density at radius 1 is 1.22 bits per heavy atom. The molecule has 0 N–H and O–H groups in total. The van der Waals surface area contributed by atoms with Crippen molar-refractivity contribution in [1.82, 2.24) is 0 Å². The maximum atomic E-state index is 6.04. The molecule has 0 spiro atoms. The van der Waals surface area contributed by atoms with Crippen molar-refractivity contribution in [2.45, 2.75) is 50.8 Å². The topological polar surface area (TPSA) is 27.7 Å². The molecule has 3 rings (SSSR count). The van der Waals surface area contributed by atoms with Gasteiger partial charge < -0.3 is 14.2 Å².